The number of hydrogen-bond acceptors (Lipinski definition) is 6. The molecule has 0 bridgehead atoms. The molecule has 1 radical (unpaired) electrons. The molecule has 2 aromatic heterocycles. The van der Waals surface area contributed by atoms with Crippen molar-refractivity contribution in [2.45, 2.75) is 33.6 Å². The summed E-state index contributed by atoms with van der Waals surface area (Å²) in [4.78, 5) is 19.6. The van der Waals surface area contributed by atoms with Gasteiger partial charge in [-0.05, 0) is 68.5 Å². The number of ketones is 1. The van der Waals surface area contributed by atoms with Crippen molar-refractivity contribution < 1.29 is 59.2 Å². The van der Waals surface area contributed by atoms with Crippen LogP contribution in [-0.2, 0) is 29.8 Å². The Hall–Kier alpha value is -1.95. The molecule has 203 valence electrons. The van der Waals surface area contributed by atoms with E-state index in [0.717, 1.165) is 18.7 Å². The predicted octanol–water partition coefficient (Wildman–Crippen LogP) is 5.96. The number of nitrogens with one attached hydrogen (secondary N) is 2. The molecule has 2 N–H and O–H groups in total. The molecule has 2 fully saturated rings. The first-order valence-corrected chi connectivity index (χ1v) is 11.9. The van der Waals surface area contributed by atoms with Crippen LogP contribution < -0.4 is 4.74 Å². The number of carbonyl (C=O) groups excluding carboxylic acids is 1. The normalized spacial score (nSPS) is 14.8. The van der Waals surface area contributed by atoms with Gasteiger partial charge in [0.1, 0.15) is 11.5 Å². The molecule has 0 saturated carbocycles. The predicted molar refractivity (Wildman–Crippen MR) is 145 cm³/mol. The second-order valence-corrected chi connectivity index (χ2v) is 9.02. The second-order valence-electron chi connectivity index (χ2n) is 9.02. The molecule has 0 unspecified atom stereocenters. The first kappa shape index (κ1) is 36.0. The van der Waals surface area contributed by atoms with Gasteiger partial charge in [-0.3, -0.25) is 4.79 Å². The maximum atomic E-state index is 11.2. The quantitative estimate of drug-likeness (QED) is 0.296. The number of Topliss-reactive ketones (excluding diaryl/α,β-unsaturated/α-hetero) is 1. The summed E-state index contributed by atoms with van der Waals surface area (Å²) in [5.74, 6) is 1.77. The van der Waals surface area contributed by atoms with E-state index in [1.165, 1.54) is 30.2 Å². The van der Waals surface area contributed by atoms with Crippen LogP contribution >= 0.6 is 0 Å². The summed E-state index contributed by atoms with van der Waals surface area (Å²) in [6.07, 6.45) is 3.14. The fourth-order valence-electron chi connectivity index (χ4n) is 4.57. The van der Waals surface area contributed by atoms with Gasteiger partial charge in [0.25, 0.3) is 0 Å². The van der Waals surface area contributed by atoms with Gasteiger partial charge in [-0.1, -0.05) is 31.8 Å². The summed E-state index contributed by atoms with van der Waals surface area (Å²) in [5.41, 5.74) is 16.9. The van der Waals surface area contributed by atoms with E-state index in [1.54, 1.807) is 25.1 Å². The summed E-state index contributed by atoms with van der Waals surface area (Å²) in [7, 11) is 2.16. The third kappa shape index (κ3) is 9.66. The molecule has 38 heavy (non-hydrogen) atoms. The fourth-order valence-corrected chi connectivity index (χ4v) is 4.57. The number of nitrogens with zero attached hydrogens (tertiary/aromatic N) is 5. The number of hydrogen-bond donors (Lipinski definition) is 0. The molecule has 1 aromatic carbocycles. The van der Waals surface area contributed by atoms with Crippen LogP contribution in [0, 0.1) is 44.0 Å². The summed E-state index contributed by atoms with van der Waals surface area (Å²) in [5, 5.41) is 4.23. The molecule has 1 spiro atoms. The number of carbonyl (C=O) groups is 1. The SMILES string of the molecule is C=C([NH-])N1CCC2(CN(C)C2)C1.CC.CC(=O)Cc1cccc(Oc2ccc3nc([NH-])cn3n2)c1.[CH3-].[U].[V+2]. The van der Waals surface area contributed by atoms with E-state index in [0.29, 0.717) is 34.9 Å². The first-order valence-electron chi connectivity index (χ1n) is 11.9. The zero-order chi connectivity index (χ0) is 25.6. The summed E-state index contributed by atoms with van der Waals surface area (Å²) >= 11 is 0. The maximum Gasteiger partial charge on any atom is 2.00 e. The van der Waals surface area contributed by atoms with Crippen LogP contribution in [0.15, 0.2) is 55.0 Å². The van der Waals surface area contributed by atoms with Gasteiger partial charge in [0.05, 0.1) is 5.65 Å². The molecule has 2 aliphatic rings. The van der Waals surface area contributed by atoms with Gasteiger partial charge in [0.15, 0.2) is 0 Å². The van der Waals surface area contributed by atoms with Crippen molar-refractivity contribution in [3.63, 3.8) is 0 Å². The Labute approximate surface area is 262 Å². The van der Waals surface area contributed by atoms with Crippen LogP contribution in [0.3, 0.4) is 0 Å². The van der Waals surface area contributed by atoms with Crippen LogP contribution in [0.25, 0.3) is 17.1 Å². The van der Waals surface area contributed by atoms with Crippen molar-refractivity contribution in [3.8, 4) is 11.6 Å². The second kappa shape index (κ2) is 16.2. The van der Waals surface area contributed by atoms with E-state index in [1.807, 2.05) is 32.0 Å². The number of aromatic nitrogens is 3. The number of benzene rings is 1. The van der Waals surface area contributed by atoms with E-state index >= 15 is 0 Å². The summed E-state index contributed by atoms with van der Waals surface area (Å²) < 4.78 is 7.18. The average molecular weight is 782 g/mol. The van der Waals surface area contributed by atoms with Gasteiger partial charge in [0.2, 0.25) is 5.88 Å². The van der Waals surface area contributed by atoms with E-state index < -0.39 is 0 Å². The smallest absolute Gasteiger partial charge is 0.483 e. The first-order chi connectivity index (χ1) is 16.7. The average Bonchev–Trinajstić information content (AvgIpc) is 3.38. The Kier molecular flexibility index (Phi) is 15.4. The van der Waals surface area contributed by atoms with Crippen LogP contribution in [0.1, 0.15) is 32.8 Å². The van der Waals surface area contributed by atoms with Crippen molar-refractivity contribution in [2.24, 2.45) is 5.41 Å². The van der Waals surface area contributed by atoms with E-state index in [4.69, 9.17) is 16.2 Å². The Morgan fingerprint density at radius 3 is 2.45 bits per heavy atom. The minimum atomic E-state index is 0. The van der Waals surface area contributed by atoms with Crippen LogP contribution in [0.4, 0.5) is 5.82 Å². The van der Waals surface area contributed by atoms with Gasteiger partial charge in [-0.15, -0.1) is 11.7 Å². The van der Waals surface area contributed by atoms with E-state index in [2.05, 4.69) is 33.5 Å². The number of ether oxygens (including phenoxy) is 1. The number of imidazole rings is 1. The van der Waals surface area contributed by atoms with Crippen molar-refractivity contribution in [1.29, 1.82) is 0 Å². The Balaban J connectivity index is 0.000000696. The molecular formula is C27H38N7O2UV-. The maximum absolute atomic E-state index is 11.2. The molecule has 2 saturated heterocycles. The largest absolute Gasteiger partial charge is 2.00 e. The molecule has 2 aliphatic heterocycles. The topological polar surface area (TPSA) is 111 Å². The monoisotopic (exact) mass is 781 g/mol. The van der Waals surface area contributed by atoms with Gasteiger partial charge < -0.3 is 38.4 Å². The van der Waals surface area contributed by atoms with Crippen LogP contribution in [-0.4, -0.2) is 63.4 Å². The Morgan fingerprint density at radius 1 is 1.18 bits per heavy atom. The van der Waals surface area contributed by atoms with E-state index in [9.17, 15) is 4.79 Å². The molecule has 0 aliphatic carbocycles. The van der Waals surface area contributed by atoms with Gasteiger partial charge >= 0.3 is 18.6 Å². The minimum absolute atomic E-state index is 0. The minimum Gasteiger partial charge on any atom is -0.483 e. The molecule has 9 nitrogen and oxygen atoms in total. The number of likely N-dealkylation sites (tertiary alicyclic amines) is 2. The summed E-state index contributed by atoms with van der Waals surface area (Å²) in [6.45, 7) is 13.7. The van der Waals surface area contributed by atoms with Crippen LogP contribution in [0.2, 0.25) is 0 Å². The van der Waals surface area contributed by atoms with E-state index in [-0.39, 0.29) is 68.7 Å². The zero-order valence-corrected chi connectivity index (χ0v) is 28.6. The number of fused-ring (bicyclic) bond motifs is 1. The standard InChI is InChI=1S/C15H13N4O2.C9H16N3.C2H6.CH3.U.V/c1-10(20)7-11-3-2-4-12(8-11)21-15-6-5-14-17-13(16)9-19(14)18-15;1-8(10)12-4-3-9(7-12)5-11(2)6-9;1-2;;;/h2-6,8-9,16H,7H2,1H3;10H,1,3-7H2,2H3;1-2H3;1H3;;/q2*-1;;-1;;+2. The molecule has 11 heteroatoms. The fraction of sp³-hybridized carbons (Fsp3) is 0.407. The van der Waals surface area contributed by atoms with Gasteiger partial charge in [-0.25, -0.2) is 4.52 Å². The van der Waals surface area contributed by atoms with Crippen LogP contribution in [0.5, 0.6) is 11.6 Å². The molecule has 0 atom stereocenters. The van der Waals surface area contributed by atoms with Gasteiger partial charge in [0, 0.05) is 62.9 Å². The van der Waals surface area contributed by atoms with Gasteiger partial charge in [-0.2, -0.15) is 0 Å². The van der Waals surface area contributed by atoms with Crippen molar-refractivity contribution in [2.75, 3.05) is 33.2 Å². The Bertz CT molecular complexity index is 1180. The molecule has 5 rings (SSSR count). The van der Waals surface area contributed by atoms with Crippen molar-refractivity contribution >= 4 is 17.2 Å². The third-order valence-corrected chi connectivity index (χ3v) is 5.90. The van der Waals surface area contributed by atoms with Crippen molar-refractivity contribution in [3.05, 3.63) is 79.5 Å². The molecule has 0 amide bonds. The zero-order valence-electron chi connectivity index (χ0n) is 23.0. The number of rotatable bonds is 5. The molecular weight excluding hydrogens is 743 g/mol. The summed E-state index contributed by atoms with van der Waals surface area (Å²) in [6, 6.07) is 10.8. The third-order valence-electron chi connectivity index (χ3n) is 5.90. The molecule has 4 heterocycles. The van der Waals surface area contributed by atoms with Crippen molar-refractivity contribution in [1.82, 2.24) is 24.4 Å². The Morgan fingerprint density at radius 2 is 1.87 bits per heavy atom. The molecule has 3 aromatic rings.